The molecule has 138 valence electrons. The summed E-state index contributed by atoms with van der Waals surface area (Å²) in [6.07, 6.45) is 2.34. The third-order valence-electron chi connectivity index (χ3n) is 4.49. The Labute approximate surface area is 156 Å². The van der Waals surface area contributed by atoms with E-state index in [9.17, 15) is 14.7 Å². The third-order valence-corrected chi connectivity index (χ3v) is 5.43. The molecule has 1 heterocycles. The van der Waals surface area contributed by atoms with Gasteiger partial charge in [0.1, 0.15) is 10.8 Å². The number of hydrogen-bond donors (Lipinski definition) is 2. The topological polar surface area (TPSA) is 88.5 Å². The van der Waals surface area contributed by atoms with Crippen molar-refractivity contribution in [2.45, 2.75) is 38.6 Å². The average molecular weight is 374 g/mol. The standard InChI is InChI=1S/C19H22N2O4S/c1-2-25-14-8-6-12(7-9-14)18-20-13(11-26-18)10-17(22)21-16-5-3-4-15(16)19(23)24/h6-9,11,15-16H,2-5,10H2,1H3,(H,21,22)(H,23,24)/t15-,16+/m0/s1. The fourth-order valence-electron chi connectivity index (χ4n) is 3.23. The molecular formula is C19H22N2O4S. The van der Waals surface area contributed by atoms with Crippen molar-refractivity contribution >= 4 is 23.2 Å². The summed E-state index contributed by atoms with van der Waals surface area (Å²) in [5.74, 6) is -0.670. The first kappa shape index (κ1) is 18.4. The van der Waals surface area contributed by atoms with E-state index in [1.165, 1.54) is 11.3 Å². The quantitative estimate of drug-likeness (QED) is 0.777. The van der Waals surface area contributed by atoms with Crippen molar-refractivity contribution in [2.75, 3.05) is 6.61 Å². The number of benzene rings is 1. The molecule has 0 bridgehead atoms. The number of carboxylic acids is 1. The zero-order chi connectivity index (χ0) is 18.5. The Morgan fingerprint density at radius 3 is 2.77 bits per heavy atom. The zero-order valence-corrected chi connectivity index (χ0v) is 15.4. The average Bonchev–Trinajstić information content (AvgIpc) is 3.25. The molecule has 3 rings (SSSR count). The van der Waals surface area contributed by atoms with E-state index in [-0.39, 0.29) is 18.4 Å². The van der Waals surface area contributed by atoms with E-state index in [0.717, 1.165) is 29.2 Å². The van der Waals surface area contributed by atoms with Crippen LogP contribution in [0.2, 0.25) is 0 Å². The van der Waals surface area contributed by atoms with Crippen molar-refractivity contribution in [3.05, 3.63) is 35.3 Å². The highest BCUT2D eigenvalue weighted by atomic mass is 32.1. The van der Waals surface area contributed by atoms with Gasteiger partial charge in [0.05, 0.1) is 24.6 Å². The van der Waals surface area contributed by atoms with Crippen LogP contribution in [0.15, 0.2) is 29.6 Å². The molecule has 0 saturated heterocycles. The molecule has 2 aromatic rings. The van der Waals surface area contributed by atoms with Crippen molar-refractivity contribution in [2.24, 2.45) is 5.92 Å². The van der Waals surface area contributed by atoms with Crippen LogP contribution in [0, 0.1) is 5.92 Å². The van der Waals surface area contributed by atoms with E-state index in [4.69, 9.17) is 4.74 Å². The second-order valence-corrected chi connectivity index (χ2v) is 7.19. The smallest absolute Gasteiger partial charge is 0.308 e. The Bertz CT molecular complexity index is 772. The minimum absolute atomic E-state index is 0.163. The highest BCUT2D eigenvalue weighted by Crippen LogP contribution is 2.27. The van der Waals surface area contributed by atoms with E-state index in [1.807, 2.05) is 36.6 Å². The first-order valence-electron chi connectivity index (χ1n) is 8.76. The molecule has 26 heavy (non-hydrogen) atoms. The molecule has 1 saturated carbocycles. The first-order valence-corrected chi connectivity index (χ1v) is 9.64. The molecule has 1 aliphatic carbocycles. The monoisotopic (exact) mass is 374 g/mol. The van der Waals surface area contributed by atoms with E-state index in [0.29, 0.717) is 18.7 Å². The van der Waals surface area contributed by atoms with Crippen LogP contribution in [0.4, 0.5) is 0 Å². The van der Waals surface area contributed by atoms with Gasteiger partial charge in [-0.25, -0.2) is 4.98 Å². The minimum atomic E-state index is -0.834. The molecule has 0 spiro atoms. The number of carbonyl (C=O) groups is 2. The van der Waals surface area contributed by atoms with Crippen molar-refractivity contribution in [3.8, 4) is 16.3 Å². The van der Waals surface area contributed by atoms with Gasteiger partial charge in [-0.15, -0.1) is 11.3 Å². The van der Waals surface area contributed by atoms with Gasteiger partial charge in [0.2, 0.25) is 5.91 Å². The van der Waals surface area contributed by atoms with Crippen LogP contribution >= 0.6 is 11.3 Å². The second-order valence-electron chi connectivity index (χ2n) is 6.33. The SMILES string of the molecule is CCOc1ccc(-c2nc(CC(=O)N[C@@H]3CCC[C@@H]3C(=O)O)cs2)cc1. The Morgan fingerprint density at radius 2 is 2.08 bits per heavy atom. The number of aliphatic carboxylic acids is 1. The van der Waals surface area contributed by atoms with E-state index >= 15 is 0 Å². The van der Waals surface area contributed by atoms with Gasteiger partial charge >= 0.3 is 5.97 Å². The van der Waals surface area contributed by atoms with E-state index in [1.54, 1.807) is 0 Å². The van der Waals surface area contributed by atoms with Gasteiger partial charge in [0.15, 0.2) is 0 Å². The summed E-state index contributed by atoms with van der Waals surface area (Å²) in [4.78, 5) is 28.0. The number of hydrogen-bond acceptors (Lipinski definition) is 5. The Morgan fingerprint density at radius 1 is 1.31 bits per heavy atom. The predicted molar refractivity (Wildman–Crippen MR) is 99.3 cm³/mol. The fraction of sp³-hybridized carbons (Fsp3) is 0.421. The number of carboxylic acid groups (broad SMARTS) is 1. The zero-order valence-electron chi connectivity index (χ0n) is 14.6. The Balaban J connectivity index is 1.59. The molecule has 7 heteroatoms. The summed E-state index contributed by atoms with van der Waals surface area (Å²) in [5, 5.41) is 14.8. The molecule has 1 aromatic carbocycles. The largest absolute Gasteiger partial charge is 0.494 e. The number of aromatic nitrogens is 1. The van der Waals surface area contributed by atoms with Crippen LogP contribution in [0.25, 0.3) is 10.6 Å². The molecule has 6 nitrogen and oxygen atoms in total. The van der Waals surface area contributed by atoms with Gasteiger partial charge in [0.25, 0.3) is 0 Å². The predicted octanol–water partition coefficient (Wildman–Crippen LogP) is 3.12. The third kappa shape index (κ3) is 4.40. The normalized spacial score (nSPS) is 19.3. The van der Waals surface area contributed by atoms with Crippen LogP contribution in [0.3, 0.4) is 0 Å². The number of ether oxygens (including phenoxy) is 1. The number of rotatable bonds is 7. The van der Waals surface area contributed by atoms with Crippen LogP contribution in [0.5, 0.6) is 5.75 Å². The molecule has 0 radical (unpaired) electrons. The molecule has 0 unspecified atom stereocenters. The first-order chi connectivity index (χ1) is 12.6. The highest BCUT2D eigenvalue weighted by molar-refractivity contribution is 7.13. The van der Waals surface area contributed by atoms with Gasteiger partial charge in [-0.3, -0.25) is 9.59 Å². The summed E-state index contributed by atoms with van der Waals surface area (Å²) < 4.78 is 5.43. The molecule has 1 amide bonds. The van der Waals surface area contributed by atoms with Crippen molar-refractivity contribution in [3.63, 3.8) is 0 Å². The van der Waals surface area contributed by atoms with Crippen molar-refractivity contribution in [1.82, 2.24) is 10.3 Å². The summed E-state index contributed by atoms with van der Waals surface area (Å²) >= 11 is 1.49. The van der Waals surface area contributed by atoms with Crippen LogP contribution in [0.1, 0.15) is 31.9 Å². The number of carbonyl (C=O) groups excluding carboxylic acids is 1. The molecule has 2 N–H and O–H groups in total. The van der Waals surface area contributed by atoms with Crippen LogP contribution < -0.4 is 10.1 Å². The molecule has 1 fully saturated rings. The van der Waals surface area contributed by atoms with Crippen molar-refractivity contribution in [1.29, 1.82) is 0 Å². The lowest BCUT2D eigenvalue weighted by Gasteiger charge is -2.17. The second kappa shape index (κ2) is 8.31. The van der Waals surface area contributed by atoms with Gasteiger partial charge in [-0.05, 0) is 44.0 Å². The summed E-state index contributed by atoms with van der Waals surface area (Å²) in [6.45, 7) is 2.57. The lowest BCUT2D eigenvalue weighted by atomic mass is 10.0. The Kier molecular flexibility index (Phi) is 5.88. The van der Waals surface area contributed by atoms with Gasteiger partial charge in [-0.1, -0.05) is 6.42 Å². The van der Waals surface area contributed by atoms with Gasteiger partial charge in [0, 0.05) is 17.0 Å². The van der Waals surface area contributed by atoms with Crippen molar-refractivity contribution < 1.29 is 19.4 Å². The van der Waals surface area contributed by atoms with Gasteiger partial charge < -0.3 is 15.2 Å². The van der Waals surface area contributed by atoms with Crippen LogP contribution in [-0.4, -0.2) is 34.6 Å². The Hall–Kier alpha value is -2.41. The molecule has 1 aliphatic rings. The summed E-state index contributed by atoms with van der Waals surface area (Å²) in [6, 6.07) is 7.43. The number of nitrogens with one attached hydrogen (secondary N) is 1. The minimum Gasteiger partial charge on any atom is -0.494 e. The molecule has 1 aromatic heterocycles. The van der Waals surface area contributed by atoms with E-state index in [2.05, 4.69) is 10.3 Å². The maximum absolute atomic E-state index is 12.2. The van der Waals surface area contributed by atoms with Crippen LogP contribution in [-0.2, 0) is 16.0 Å². The highest BCUT2D eigenvalue weighted by Gasteiger charge is 2.33. The molecule has 2 atom stereocenters. The van der Waals surface area contributed by atoms with Gasteiger partial charge in [-0.2, -0.15) is 0 Å². The molecular weight excluding hydrogens is 352 g/mol. The molecule has 0 aliphatic heterocycles. The maximum atomic E-state index is 12.2. The lowest BCUT2D eigenvalue weighted by Crippen LogP contribution is -2.40. The summed E-state index contributed by atoms with van der Waals surface area (Å²) in [7, 11) is 0. The summed E-state index contributed by atoms with van der Waals surface area (Å²) in [5.41, 5.74) is 1.67. The number of amides is 1. The maximum Gasteiger partial charge on any atom is 0.308 e. The number of thiazole rings is 1. The lowest BCUT2D eigenvalue weighted by molar-refractivity contribution is -0.142. The fourth-order valence-corrected chi connectivity index (χ4v) is 4.06. The van der Waals surface area contributed by atoms with E-state index < -0.39 is 11.9 Å². The number of nitrogens with zero attached hydrogens (tertiary/aromatic N) is 1.